The van der Waals surface area contributed by atoms with Crippen molar-refractivity contribution in [2.45, 2.75) is 37.8 Å². The molecular formula is C8H14N2O. The van der Waals surface area contributed by atoms with Crippen LogP contribution in [-0.2, 0) is 4.79 Å². The molecule has 2 fully saturated rings. The Bertz CT molecular complexity index is 181. The zero-order chi connectivity index (χ0) is 7.84. The van der Waals surface area contributed by atoms with Crippen molar-refractivity contribution in [3.63, 3.8) is 0 Å². The summed E-state index contributed by atoms with van der Waals surface area (Å²) in [6.45, 7) is 0.894. The van der Waals surface area contributed by atoms with Gasteiger partial charge in [-0.15, -0.1) is 0 Å². The highest BCUT2D eigenvalue weighted by Crippen LogP contribution is 2.26. The molecule has 1 amide bonds. The Balaban J connectivity index is 2.06. The summed E-state index contributed by atoms with van der Waals surface area (Å²) in [4.78, 5) is 13.2. The number of hydrogen-bond donors (Lipinski definition) is 1. The van der Waals surface area contributed by atoms with Gasteiger partial charge in [0.25, 0.3) is 0 Å². The van der Waals surface area contributed by atoms with E-state index in [1.54, 1.807) is 0 Å². The van der Waals surface area contributed by atoms with E-state index in [0.717, 1.165) is 32.2 Å². The fraction of sp³-hybridized carbons (Fsp3) is 0.875. The van der Waals surface area contributed by atoms with Gasteiger partial charge in [-0.2, -0.15) is 0 Å². The van der Waals surface area contributed by atoms with E-state index in [0.29, 0.717) is 18.0 Å². The molecule has 2 atom stereocenters. The molecule has 0 aromatic rings. The van der Waals surface area contributed by atoms with Gasteiger partial charge in [-0.1, -0.05) is 0 Å². The highest BCUT2D eigenvalue weighted by molar-refractivity contribution is 5.78. The molecule has 62 valence electrons. The molecule has 2 aliphatic heterocycles. The third kappa shape index (κ3) is 1.13. The van der Waals surface area contributed by atoms with Crippen molar-refractivity contribution in [3.05, 3.63) is 0 Å². The lowest BCUT2D eigenvalue weighted by atomic mass is 9.99. The van der Waals surface area contributed by atoms with Gasteiger partial charge in [0.2, 0.25) is 5.91 Å². The van der Waals surface area contributed by atoms with Gasteiger partial charge in [-0.05, 0) is 19.3 Å². The lowest BCUT2D eigenvalue weighted by Crippen LogP contribution is -2.45. The van der Waals surface area contributed by atoms with Gasteiger partial charge in [0.15, 0.2) is 0 Å². The number of fused-ring (bicyclic) bond motifs is 1. The Morgan fingerprint density at radius 2 is 2.27 bits per heavy atom. The molecule has 2 aliphatic rings. The Kier molecular flexibility index (Phi) is 1.60. The monoisotopic (exact) mass is 154 g/mol. The van der Waals surface area contributed by atoms with Crippen molar-refractivity contribution in [3.8, 4) is 0 Å². The molecule has 0 radical (unpaired) electrons. The summed E-state index contributed by atoms with van der Waals surface area (Å²) in [5, 5.41) is 0. The molecule has 0 aliphatic carbocycles. The molecular weight excluding hydrogens is 140 g/mol. The van der Waals surface area contributed by atoms with Crippen molar-refractivity contribution in [2.75, 3.05) is 6.54 Å². The topological polar surface area (TPSA) is 46.3 Å². The van der Waals surface area contributed by atoms with E-state index in [1.165, 1.54) is 0 Å². The second-order valence-corrected chi connectivity index (χ2v) is 3.56. The van der Waals surface area contributed by atoms with Gasteiger partial charge < -0.3 is 10.6 Å². The minimum absolute atomic E-state index is 0.335. The zero-order valence-electron chi connectivity index (χ0n) is 6.62. The predicted molar refractivity (Wildman–Crippen MR) is 41.9 cm³/mol. The van der Waals surface area contributed by atoms with Crippen LogP contribution in [0, 0.1) is 0 Å². The summed E-state index contributed by atoms with van der Waals surface area (Å²) in [6, 6.07) is 0.813. The van der Waals surface area contributed by atoms with Gasteiger partial charge in [-0.3, -0.25) is 4.79 Å². The first-order valence-corrected chi connectivity index (χ1v) is 4.32. The highest BCUT2D eigenvalue weighted by atomic mass is 16.2. The summed E-state index contributed by atoms with van der Waals surface area (Å²) in [6.07, 6.45) is 3.79. The predicted octanol–water partition coefficient (Wildman–Crippen LogP) is 0.0985. The molecule has 0 saturated carbocycles. The zero-order valence-corrected chi connectivity index (χ0v) is 6.62. The first kappa shape index (κ1) is 7.10. The van der Waals surface area contributed by atoms with Crippen molar-refractivity contribution in [1.82, 2.24) is 4.90 Å². The number of carbonyl (C=O) groups excluding carboxylic acids is 1. The molecule has 2 N–H and O–H groups in total. The molecule has 0 aromatic heterocycles. The molecule has 2 saturated heterocycles. The Morgan fingerprint density at radius 3 is 3.09 bits per heavy atom. The lowest BCUT2D eigenvalue weighted by Gasteiger charge is -2.33. The highest BCUT2D eigenvalue weighted by Gasteiger charge is 2.34. The first-order valence-electron chi connectivity index (χ1n) is 4.32. The van der Waals surface area contributed by atoms with Gasteiger partial charge >= 0.3 is 0 Å². The number of nitrogens with two attached hydrogens (primary N) is 1. The maximum Gasteiger partial charge on any atom is 0.222 e. The van der Waals surface area contributed by atoms with Crippen LogP contribution in [0.25, 0.3) is 0 Å². The van der Waals surface area contributed by atoms with Crippen molar-refractivity contribution in [2.24, 2.45) is 5.73 Å². The van der Waals surface area contributed by atoms with Crippen LogP contribution in [0.5, 0.6) is 0 Å². The number of hydrogen-bond acceptors (Lipinski definition) is 2. The average Bonchev–Trinajstić information content (AvgIpc) is 2.32. The molecule has 0 bridgehead atoms. The summed E-state index contributed by atoms with van der Waals surface area (Å²) >= 11 is 0. The van der Waals surface area contributed by atoms with E-state index in [1.807, 2.05) is 4.90 Å². The first-order chi connectivity index (χ1) is 5.27. The maximum atomic E-state index is 11.2. The van der Waals surface area contributed by atoms with Crippen molar-refractivity contribution >= 4 is 5.91 Å². The second kappa shape index (κ2) is 2.48. The van der Waals surface area contributed by atoms with Gasteiger partial charge in [0.05, 0.1) is 0 Å². The summed E-state index contributed by atoms with van der Waals surface area (Å²) in [7, 11) is 0. The van der Waals surface area contributed by atoms with E-state index in [9.17, 15) is 4.79 Å². The minimum atomic E-state index is 0.335. The fourth-order valence-corrected chi connectivity index (χ4v) is 2.12. The van der Waals surface area contributed by atoms with Gasteiger partial charge in [0.1, 0.15) is 0 Å². The molecule has 2 rings (SSSR count). The summed E-state index contributed by atoms with van der Waals surface area (Å²) in [5.74, 6) is 0.335. The van der Waals surface area contributed by atoms with Crippen LogP contribution in [0.15, 0.2) is 0 Å². The van der Waals surface area contributed by atoms with Crippen molar-refractivity contribution < 1.29 is 4.79 Å². The Morgan fingerprint density at radius 1 is 1.45 bits per heavy atom. The smallest absolute Gasteiger partial charge is 0.222 e. The standard InChI is InChI=1S/C8H14N2O/c9-6-3-4-10-7(5-6)1-2-8(10)11/h6-7H,1-5,9H2/t6-,7-/m0/s1. The Labute approximate surface area is 66.5 Å². The molecule has 3 heteroatoms. The van der Waals surface area contributed by atoms with Gasteiger partial charge in [0, 0.05) is 25.0 Å². The van der Waals surface area contributed by atoms with Crippen LogP contribution in [-0.4, -0.2) is 29.4 Å². The van der Waals surface area contributed by atoms with Crippen LogP contribution < -0.4 is 5.73 Å². The number of nitrogens with zero attached hydrogens (tertiary/aromatic N) is 1. The quantitative estimate of drug-likeness (QED) is 0.538. The van der Waals surface area contributed by atoms with Crippen LogP contribution in [0.3, 0.4) is 0 Å². The van der Waals surface area contributed by atoms with Crippen LogP contribution >= 0.6 is 0 Å². The Hall–Kier alpha value is -0.570. The van der Waals surface area contributed by atoms with E-state index >= 15 is 0 Å². The largest absolute Gasteiger partial charge is 0.340 e. The number of amides is 1. The van der Waals surface area contributed by atoms with Crippen LogP contribution in [0.2, 0.25) is 0 Å². The maximum absolute atomic E-state index is 11.2. The molecule has 11 heavy (non-hydrogen) atoms. The van der Waals surface area contributed by atoms with Crippen LogP contribution in [0.4, 0.5) is 0 Å². The third-order valence-corrected chi connectivity index (χ3v) is 2.77. The summed E-state index contributed by atoms with van der Waals surface area (Å²) < 4.78 is 0. The van der Waals surface area contributed by atoms with E-state index in [-0.39, 0.29) is 0 Å². The van der Waals surface area contributed by atoms with E-state index in [2.05, 4.69) is 0 Å². The molecule has 0 aromatic carbocycles. The number of carbonyl (C=O) groups is 1. The molecule has 2 heterocycles. The SMILES string of the molecule is N[C@H]1CCN2C(=O)CC[C@H]2C1. The molecule has 3 nitrogen and oxygen atoms in total. The fourth-order valence-electron chi connectivity index (χ4n) is 2.12. The number of rotatable bonds is 0. The molecule has 0 unspecified atom stereocenters. The average molecular weight is 154 g/mol. The van der Waals surface area contributed by atoms with Crippen LogP contribution in [0.1, 0.15) is 25.7 Å². The normalized spacial score (nSPS) is 37.5. The minimum Gasteiger partial charge on any atom is -0.340 e. The van der Waals surface area contributed by atoms with E-state index in [4.69, 9.17) is 5.73 Å². The third-order valence-electron chi connectivity index (χ3n) is 2.77. The van der Waals surface area contributed by atoms with E-state index < -0.39 is 0 Å². The summed E-state index contributed by atoms with van der Waals surface area (Å²) in [5.41, 5.74) is 5.80. The number of piperidine rings is 1. The van der Waals surface area contributed by atoms with Crippen molar-refractivity contribution in [1.29, 1.82) is 0 Å². The second-order valence-electron chi connectivity index (χ2n) is 3.56. The molecule has 0 spiro atoms. The van der Waals surface area contributed by atoms with Gasteiger partial charge in [-0.25, -0.2) is 0 Å². The lowest BCUT2D eigenvalue weighted by molar-refractivity contribution is -0.129.